The molecule has 0 saturated heterocycles. The fourth-order valence-corrected chi connectivity index (χ4v) is 2.17. The van der Waals surface area contributed by atoms with Crippen LogP contribution in [0.5, 0.6) is 0 Å². The molecule has 1 aromatic carbocycles. The summed E-state index contributed by atoms with van der Waals surface area (Å²) in [5, 5.41) is 2.76. The van der Waals surface area contributed by atoms with Crippen LogP contribution in [0.1, 0.15) is 24.2 Å². The SMILES string of the molecule is CCN(CC)CCOC(=O)c1ccc(N/C(=C/C(=O)OC)C(=O)OC)cc1. The Labute approximate surface area is 159 Å². The molecule has 0 aliphatic heterocycles. The molecule has 0 spiro atoms. The molecule has 0 aliphatic carbocycles. The average molecular weight is 378 g/mol. The molecule has 1 N–H and O–H groups in total. The van der Waals surface area contributed by atoms with Crippen molar-refractivity contribution in [1.82, 2.24) is 4.90 Å². The van der Waals surface area contributed by atoms with Gasteiger partial charge in [-0.05, 0) is 37.4 Å². The van der Waals surface area contributed by atoms with Crippen LogP contribution in [0, 0.1) is 0 Å². The first-order chi connectivity index (χ1) is 12.9. The van der Waals surface area contributed by atoms with Gasteiger partial charge in [0.1, 0.15) is 12.3 Å². The Balaban J connectivity index is 2.71. The molecule has 1 rings (SSSR count). The number of benzene rings is 1. The van der Waals surface area contributed by atoms with Crippen LogP contribution in [-0.2, 0) is 23.8 Å². The number of rotatable bonds is 10. The van der Waals surface area contributed by atoms with E-state index in [0.29, 0.717) is 24.4 Å². The average Bonchev–Trinajstić information content (AvgIpc) is 2.70. The summed E-state index contributed by atoms with van der Waals surface area (Å²) in [5.74, 6) is -1.84. The monoisotopic (exact) mass is 378 g/mol. The maximum absolute atomic E-state index is 12.1. The number of esters is 3. The lowest BCUT2D eigenvalue weighted by Gasteiger charge is -2.17. The van der Waals surface area contributed by atoms with Crippen molar-refractivity contribution in [2.24, 2.45) is 0 Å². The number of methoxy groups -OCH3 is 2. The Kier molecular flexibility index (Phi) is 9.60. The van der Waals surface area contributed by atoms with E-state index in [2.05, 4.69) is 19.7 Å². The van der Waals surface area contributed by atoms with Gasteiger partial charge in [-0.3, -0.25) is 0 Å². The summed E-state index contributed by atoms with van der Waals surface area (Å²) in [4.78, 5) is 37.3. The zero-order valence-electron chi connectivity index (χ0n) is 16.1. The molecule has 0 radical (unpaired) electrons. The number of hydrogen-bond acceptors (Lipinski definition) is 8. The summed E-state index contributed by atoms with van der Waals surface area (Å²) in [6.45, 7) is 6.89. The van der Waals surface area contributed by atoms with Gasteiger partial charge in [-0.25, -0.2) is 14.4 Å². The predicted octanol–water partition coefficient (Wildman–Crippen LogP) is 1.83. The number of ether oxygens (including phenoxy) is 3. The lowest BCUT2D eigenvalue weighted by molar-refractivity contribution is -0.138. The molecule has 0 atom stereocenters. The normalized spacial score (nSPS) is 11.1. The quantitative estimate of drug-likeness (QED) is 0.374. The number of hydrogen-bond donors (Lipinski definition) is 1. The van der Waals surface area contributed by atoms with Crippen molar-refractivity contribution < 1.29 is 28.6 Å². The van der Waals surface area contributed by atoms with Crippen molar-refractivity contribution in [3.05, 3.63) is 41.6 Å². The van der Waals surface area contributed by atoms with Crippen molar-refractivity contribution >= 4 is 23.6 Å². The van der Waals surface area contributed by atoms with E-state index in [0.717, 1.165) is 19.2 Å². The molecule has 0 bridgehead atoms. The molecular formula is C19H26N2O6. The highest BCUT2D eigenvalue weighted by Gasteiger charge is 2.13. The smallest absolute Gasteiger partial charge is 0.354 e. The molecular weight excluding hydrogens is 352 g/mol. The zero-order valence-corrected chi connectivity index (χ0v) is 16.1. The Bertz CT molecular complexity index is 665. The highest BCUT2D eigenvalue weighted by molar-refractivity contribution is 5.98. The largest absolute Gasteiger partial charge is 0.466 e. The summed E-state index contributed by atoms with van der Waals surface area (Å²) >= 11 is 0. The molecule has 27 heavy (non-hydrogen) atoms. The molecule has 0 fully saturated rings. The molecule has 0 amide bonds. The summed E-state index contributed by atoms with van der Waals surface area (Å²) in [7, 11) is 2.40. The van der Waals surface area contributed by atoms with Gasteiger partial charge in [-0.15, -0.1) is 0 Å². The molecule has 8 nitrogen and oxygen atoms in total. The molecule has 8 heteroatoms. The molecule has 0 saturated carbocycles. The van der Waals surface area contributed by atoms with Gasteiger partial charge in [-0.2, -0.15) is 0 Å². The zero-order chi connectivity index (χ0) is 20.2. The maximum Gasteiger partial charge on any atom is 0.354 e. The lowest BCUT2D eigenvalue weighted by Crippen LogP contribution is -2.27. The van der Waals surface area contributed by atoms with Gasteiger partial charge in [0.25, 0.3) is 0 Å². The summed E-state index contributed by atoms with van der Waals surface area (Å²) in [6, 6.07) is 6.31. The molecule has 148 valence electrons. The summed E-state index contributed by atoms with van der Waals surface area (Å²) in [6.07, 6.45) is 0.987. The number of anilines is 1. The molecule has 0 unspecified atom stereocenters. The van der Waals surface area contributed by atoms with Crippen molar-refractivity contribution in [1.29, 1.82) is 0 Å². The standard InChI is InChI=1S/C19H26N2O6/c1-5-21(6-2)11-12-27-18(23)14-7-9-15(10-8-14)20-16(19(24)26-4)13-17(22)25-3/h7-10,13,20H,5-6,11-12H2,1-4H3/b16-13+. The first-order valence-corrected chi connectivity index (χ1v) is 8.59. The van der Waals surface area contributed by atoms with Crippen molar-refractivity contribution in [3.63, 3.8) is 0 Å². The van der Waals surface area contributed by atoms with Crippen LogP contribution in [0.4, 0.5) is 5.69 Å². The van der Waals surface area contributed by atoms with Crippen LogP contribution in [0.25, 0.3) is 0 Å². The number of nitrogens with one attached hydrogen (secondary N) is 1. The highest BCUT2D eigenvalue weighted by atomic mass is 16.5. The van der Waals surface area contributed by atoms with Gasteiger partial charge in [0.2, 0.25) is 0 Å². The van der Waals surface area contributed by atoms with E-state index < -0.39 is 17.9 Å². The third-order valence-corrected chi connectivity index (χ3v) is 3.80. The first kappa shape index (κ1) is 22.2. The number of carbonyl (C=O) groups is 3. The minimum absolute atomic E-state index is 0.0844. The van der Waals surface area contributed by atoms with E-state index in [1.165, 1.54) is 14.2 Å². The van der Waals surface area contributed by atoms with E-state index in [1.807, 2.05) is 13.8 Å². The van der Waals surface area contributed by atoms with E-state index in [-0.39, 0.29) is 5.70 Å². The van der Waals surface area contributed by atoms with Crippen LogP contribution in [0.2, 0.25) is 0 Å². The Morgan fingerprint density at radius 2 is 1.67 bits per heavy atom. The fourth-order valence-electron chi connectivity index (χ4n) is 2.17. The van der Waals surface area contributed by atoms with E-state index in [4.69, 9.17) is 4.74 Å². The second-order valence-electron chi connectivity index (χ2n) is 5.44. The second-order valence-corrected chi connectivity index (χ2v) is 5.44. The van der Waals surface area contributed by atoms with Crippen LogP contribution < -0.4 is 5.32 Å². The van der Waals surface area contributed by atoms with Gasteiger partial charge in [0.15, 0.2) is 0 Å². The maximum atomic E-state index is 12.1. The van der Waals surface area contributed by atoms with Crippen molar-refractivity contribution in [2.45, 2.75) is 13.8 Å². The third-order valence-electron chi connectivity index (χ3n) is 3.80. The third kappa shape index (κ3) is 7.49. The van der Waals surface area contributed by atoms with E-state index >= 15 is 0 Å². The first-order valence-electron chi connectivity index (χ1n) is 8.59. The summed E-state index contributed by atoms with van der Waals surface area (Å²) < 4.78 is 14.4. The predicted molar refractivity (Wildman–Crippen MR) is 100 cm³/mol. The Hall–Kier alpha value is -2.87. The summed E-state index contributed by atoms with van der Waals surface area (Å²) in [5.41, 5.74) is 0.797. The van der Waals surface area contributed by atoms with E-state index in [9.17, 15) is 14.4 Å². The minimum atomic E-state index is -0.722. The second kappa shape index (κ2) is 11.7. The van der Waals surface area contributed by atoms with E-state index in [1.54, 1.807) is 24.3 Å². The van der Waals surface area contributed by atoms with Gasteiger partial charge >= 0.3 is 17.9 Å². The van der Waals surface area contributed by atoms with Crippen LogP contribution in [-0.4, -0.2) is 63.3 Å². The Morgan fingerprint density at radius 1 is 1.04 bits per heavy atom. The van der Waals surface area contributed by atoms with Gasteiger partial charge < -0.3 is 24.4 Å². The Morgan fingerprint density at radius 3 is 2.19 bits per heavy atom. The number of nitrogens with zero attached hydrogens (tertiary/aromatic N) is 1. The van der Waals surface area contributed by atoms with Crippen molar-refractivity contribution in [2.75, 3.05) is 45.8 Å². The minimum Gasteiger partial charge on any atom is -0.466 e. The molecule has 0 aromatic heterocycles. The molecule has 0 heterocycles. The fraction of sp³-hybridized carbons (Fsp3) is 0.421. The topological polar surface area (TPSA) is 94.2 Å². The van der Waals surface area contributed by atoms with Gasteiger partial charge in [0.05, 0.1) is 25.9 Å². The van der Waals surface area contributed by atoms with Gasteiger partial charge in [0, 0.05) is 12.2 Å². The molecule has 1 aromatic rings. The molecule has 0 aliphatic rings. The number of likely N-dealkylation sites (N-methyl/N-ethyl adjacent to an activating group) is 1. The van der Waals surface area contributed by atoms with Crippen LogP contribution >= 0.6 is 0 Å². The van der Waals surface area contributed by atoms with Gasteiger partial charge in [-0.1, -0.05) is 13.8 Å². The lowest BCUT2D eigenvalue weighted by atomic mass is 10.2. The van der Waals surface area contributed by atoms with Crippen LogP contribution in [0.3, 0.4) is 0 Å². The van der Waals surface area contributed by atoms with Crippen LogP contribution in [0.15, 0.2) is 36.0 Å². The van der Waals surface area contributed by atoms with Crippen molar-refractivity contribution in [3.8, 4) is 0 Å². The number of carbonyl (C=O) groups excluding carboxylic acids is 3. The highest BCUT2D eigenvalue weighted by Crippen LogP contribution is 2.14.